The van der Waals surface area contributed by atoms with E-state index < -0.39 is 35.7 Å². The Morgan fingerprint density at radius 1 is 1.00 bits per heavy atom. The van der Waals surface area contributed by atoms with Crippen molar-refractivity contribution in [3.8, 4) is 0 Å². The van der Waals surface area contributed by atoms with Gasteiger partial charge in [-0.2, -0.15) is 0 Å². The molecule has 0 aliphatic carbocycles. The molecule has 0 aromatic heterocycles. The molecule has 0 saturated heterocycles. The zero-order valence-corrected chi connectivity index (χ0v) is 19.2. The van der Waals surface area contributed by atoms with Gasteiger partial charge < -0.3 is 16.2 Å². The van der Waals surface area contributed by atoms with Crippen LogP contribution in [0.4, 0.5) is 4.39 Å². The van der Waals surface area contributed by atoms with E-state index in [1.807, 2.05) is 44.2 Å². The van der Waals surface area contributed by atoms with Gasteiger partial charge in [-0.1, -0.05) is 56.3 Å². The number of hydrogen-bond donors (Lipinski definition) is 3. The number of ketones is 1. The molecule has 2 aromatic rings. The van der Waals surface area contributed by atoms with Crippen molar-refractivity contribution in [2.45, 2.75) is 58.0 Å². The number of benzene rings is 2. The Balaban J connectivity index is 2.00. The van der Waals surface area contributed by atoms with E-state index in [0.717, 1.165) is 5.56 Å². The third-order valence-electron chi connectivity index (χ3n) is 5.53. The van der Waals surface area contributed by atoms with Gasteiger partial charge in [-0.3, -0.25) is 14.4 Å². The molecule has 0 unspecified atom stereocenters. The third kappa shape index (κ3) is 9.14. The number of carboxylic acids is 1. The molecule has 2 aromatic carbocycles. The summed E-state index contributed by atoms with van der Waals surface area (Å²) in [6.07, 6.45) is 1.32. The molecule has 178 valence electrons. The van der Waals surface area contributed by atoms with Crippen LogP contribution in [0.1, 0.15) is 44.2 Å². The van der Waals surface area contributed by atoms with Gasteiger partial charge >= 0.3 is 5.97 Å². The fourth-order valence-electron chi connectivity index (χ4n) is 3.66. The molecule has 0 radical (unpaired) electrons. The molecule has 7 heteroatoms. The van der Waals surface area contributed by atoms with Gasteiger partial charge in [-0.05, 0) is 54.9 Å². The molecule has 4 N–H and O–H groups in total. The summed E-state index contributed by atoms with van der Waals surface area (Å²) in [5, 5.41) is 12.4. The molecule has 2 rings (SSSR count). The zero-order chi connectivity index (χ0) is 24.4. The number of carbonyl (C=O) groups is 3. The molecule has 0 bridgehead atoms. The molecule has 0 spiro atoms. The maximum absolute atomic E-state index is 13.1. The fraction of sp³-hybridized carbons (Fsp3) is 0.423. The second-order valence-electron chi connectivity index (χ2n) is 8.86. The van der Waals surface area contributed by atoms with E-state index in [1.165, 1.54) is 24.3 Å². The Bertz CT molecular complexity index is 916. The number of aliphatic carboxylic acids is 1. The van der Waals surface area contributed by atoms with Crippen molar-refractivity contribution in [1.82, 2.24) is 5.32 Å². The highest BCUT2D eigenvalue weighted by atomic mass is 19.1. The molecule has 3 atom stereocenters. The molecule has 0 fully saturated rings. The second kappa shape index (κ2) is 12.8. The predicted octanol–water partition coefficient (Wildman–Crippen LogP) is 3.52. The van der Waals surface area contributed by atoms with Gasteiger partial charge in [0.25, 0.3) is 0 Å². The molecule has 33 heavy (non-hydrogen) atoms. The molecule has 0 saturated carbocycles. The lowest BCUT2D eigenvalue weighted by molar-refractivity contribution is -0.144. The number of Topliss-reactive ketones (excluding diaryl/α,β-unsaturated/α-hetero) is 1. The lowest BCUT2D eigenvalue weighted by Crippen LogP contribution is -2.49. The Morgan fingerprint density at radius 3 is 2.21 bits per heavy atom. The van der Waals surface area contributed by atoms with Crippen molar-refractivity contribution in [3.63, 3.8) is 0 Å². The number of carboxylic acid groups (broad SMARTS) is 1. The maximum atomic E-state index is 13.1. The highest BCUT2D eigenvalue weighted by molar-refractivity contribution is 5.92. The monoisotopic (exact) mass is 456 g/mol. The van der Waals surface area contributed by atoms with Crippen molar-refractivity contribution in [2.75, 3.05) is 0 Å². The van der Waals surface area contributed by atoms with E-state index in [4.69, 9.17) is 5.73 Å². The van der Waals surface area contributed by atoms with Gasteiger partial charge in [0.2, 0.25) is 5.91 Å². The zero-order valence-electron chi connectivity index (χ0n) is 19.2. The van der Waals surface area contributed by atoms with Crippen molar-refractivity contribution < 1.29 is 23.9 Å². The average Bonchev–Trinajstić information content (AvgIpc) is 2.78. The molecule has 6 nitrogen and oxygen atoms in total. The maximum Gasteiger partial charge on any atom is 0.307 e. The lowest BCUT2D eigenvalue weighted by Gasteiger charge is -2.23. The van der Waals surface area contributed by atoms with E-state index in [9.17, 15) is 23.9 Å². The summed E-state index contributed by atoms with van der Waals surface area (Å²) in [6.45, 7) is 3.85. The molecular weight excluding hydrogens is 423 g/mol. The van der Waals surface area contributed by atoms with Crippen LogP contribution in [-0.4, -0.2) is 34.8 Å². The first-order valence-electron chi connectivity index (χ1n) is 11.3. The third-order valence-corrected chi connectivity index (χ3v) is 5.53. The van der Waals surface area contributed by atoms with Crippen LogP contribution in [0.15, 0.2) is 54.6 Å². The van der Waals surface area contributed by atoms with Gasteiger partial charge in [0, 0.05) is 6.42 Å². The SMILES string of the molecule is CC(C)C[C@H](NC(=O)[C@@H](N)CCc1ccccc1)C(=O)C[C@@H](Cc1ccc(F)cc1)C(=O)O. The number of carbonyl (C=O) groups excluding carboxylic acids is 2. The normalized spacial score (nSPS) is 13.8. The van der Waals surface area contributed by atoms with E-state index in [1.54, 1.807) is 0 Å². The van der Waals surface area contributed by atoms with Gasteiger partial charge in [0.1, 0.15) is 5.82 Å². The van der Waals surface area contributed by atoms with Crippen LogP contribution < -0.4 is 11.1 Å². The summed E-state index contributed by atoms with van der Waals surface area (Å²) in [7, 11) is 0. The highest BCUT2D eigenvalue weighted by Gasteiger charge is 2.29. The number of amides is 1. The van der Waals surface area contributed by atoms with Crippen molar-refractivity contribution >= 4 is 17.7 Å². The molecule has 0 aliphatic rings. The lowest BCUT2D eigenvalue weighted by atomic mass is 9.89. The average molecular weight is 457 g/mol. The van der Waals surface area contributed by atoms with E-state index in [2.05, 4.69) is 5.32 Å². The smallest absolute Gasteiger partial charge is 0.307 e. The van der Waals surface area contributed by atoms with Gasteiger partial charge in [0.05, 0.1) is 18.0 Å². The van der Waals surface area contributed by atoms with Crippen molar-refractivity contribution in [1.29, 1.82) is 0 Å². The number of rotatable bonds is 13. The Hall–Kier alpha value is -3.06. The molecular formula is C26H33FN2O4. The van der Waals surface area contributed by atoms with E-state index in [0.29, 0.717) is 24.8 Å². The topological polar surface area (TPSA) is 109 Å². The number of aryl methyl sites for hydroxylation is 1. The predicted molar refractivity (Wildman–Crippen MR) is 125 cm³/mol. The number of nitrogens with one attached hydrogen (secondary N) is 1. The molecule has 1 amide bonds. The van der Waals surface area contributed by atoms with Crippen LogP contribution in [0, 0.1) is 17.7 Å². The first-order valence-corrected chi connectivity index (χ1v) is 11.3. The quantitative estimate of drug-likeness (QED) is 0.427. The largest absolute Gasteiger partial charge is 0.481 e. The van der Waals surface area contributed by atoms with Crippen LogP contribution >= 0.6 is 0 Å². The summed E-state index contributed by atoms with van der Waals surface area (Å²) < 4.78 is 13.1. The van der Waals surface area contributed by atoms with Crippen LogP contribution in [-0.2, 0) is 27.2 Å². The van der Waals surface area contributed by atoms with Gasteiger partial charge in [0.15, 0.2) is 5.78 Å². The van der Waals surface area contributed by atoms with Crippen LogP contribution in [0.2, 0.25) is 0 Å². The van der Waals surface area contributed by atoms with Crippen molar-refractivity contribution in [3.05, 3.63) is 71.5 Å². The van der Waals surface area contributed by atoms with Gasteiger partial charge in [-0.25, -0.2) is 4.39 Å². The number of halogens is 1. The molecule has 0 heterocycles. The Morgan fingerprint density at radius 2 is 1.64 bits per heavy atom. The summed E-state index contributed by atoms with van der Waals surface area (Å²) in [5.41, 5.74) is 7.76. The first-order chi connectivity index (χ1) is 15.7. The van der Waals surface area contributed by atoms with Crippen LogP contribution in [0.3, 0.4) is 0 Å². The number of hydrogen-bond acceptors (Lipinski definition) is 4. The van der Waals surface area contributed by atoms with E-state index >= 15 is 0 Å². The first kappa shape index (κ1) is 26.2. The summed E-state index contributed by atoms with van der Waals surface area (Å²) in [4.78, 5) is 37.4. The molecule has 0 aliphatic heterocycles. The Labute approximate surface area is 194 Å². The minimum atomic E-state index is -1.11. The fourth-order valence-corrected chi connectivity index (χ4v) is 3.66. The summed E-state index contributed by atoms with van der Waals surface area (Å²) >= 11 is 0. The minimum Gasteiger partial charge on any atom is -0.481 e. The van der Waals surface area contributed by atoms with Crippen LogP contribution in [0.5, 0.6) is 0 Å². The van der Waals surface area contributed by atoms with Crippen molar-refractivity contribution in [2.24, 2.45) is 17.6 Å². The standard InChI is InChI=1S/C26H33FN2O4/c1-17(2)14-23(29-25(31)22(28)13-10-18-6-4-3-5-7-18)24(30)16-20(26(32)33)15-19-8-11-21(27)12-9-19/h3-9,11-12,17,20,22-23H,10,13-16,28H2,1-2H3,(H,29,31)(H,32,33)/t20-,22+,23+/m1/s1. The summed E-state index contributed by atoms with van der Waals surface area (Å²) in [5.74, 6) is -3.15. The van der Waals surface area contributed by atoms with Gasteiger partial charge in [-0.15, -0.1) is 0 Å². The van der Waals surface area contributed by atoms with Crippen LogP contribution in [0.25, 0.3) is 0 Å². The number of nitrogens with two attached hydrogens (primary N) is 1. The Kier molecular flexibility index (Phi) is 10.2. The second-order valence-corrected chi connectivity index (χ2v) is 8.86. The highest BCUT2D eigenvalue weighted by Crippen LogP contribution is 2.17. The minimum absolute atomic E-state index is 0.0975. The summed E-state index contributed by atoms with van der Waals surface area (Å²) in [6, 6.07) is 13.6. The van der Waals surface area contributed by atoms with E-state index in [-0.39, 0.29) is 24.5 Å².